The molecule has 0 aliphatic heterocycles. The summed E-state index contributed by atoms with van der Waals surface area (Å²) in [5.41, 5.74) is 0.856. The molecule has 3 N–H and O–H groups in total. The molecule has 2 amide bonds. The van der Waals surface area contributed by atoms with E-state index in [2.05, 4.69) is 15.6 Å². The van der Waals surface area contributed by atoms with Gasteiger partial charge in [0.25, 0.3) is 5.91 Å². The fourth-order valence-electron chi connectivity index (χ4n) is 2.85. The van der Waals surface area contributed by atoms with Gasteiger partial charge in [0.15, 0.2) is 0 Å². The van der Waals surface area contributed by atoms with Crippen LogP contribution in [0.5, 0.6) is 11.6 Å². The summed E-state index contributed by atoms with van der Waals surface area (Å²) in [6.45, 7) is 5.50. The van der Waals surface area contributed by atoms with E-state index in [1.54, 1.807) is 75.5 Å². The van der Waals surface area contributed by atoms with Gasteiger partial charge in [0, 0.05) is 23.0 Å². The number of hydrogen-bond donors (Lipinski definition) is 3. The van der Waals surface area contributed by atoms with Crippen molar-refractivity contribution in [2.45, 2.75) is 32.9 Å². The van der Waals surface area contributed by atoms with Crippen LogP contribution in [0.1, 0.15) is 47.1 Å². The number of carboxylic acid groups (broad SMARTS) is 1. The predicted molar refractivity (Wildman–Crippen MR) is 125 cm³/mol. The third kappa shape index (κ3) is 7.06. The molecule has 3 rings (SSSR count). The van der Waals surface area contributed by atoms with E-state index in [1.165, 1.54) is 12.1 Å². The number of anilines is 1. The van der Waals surface area contributed by atoms with Gasteiger partial charge < -0.3 is 25.2 Å². The number of carbonyl (C=O) groups excluding carboxylic acids is 2. The minimum absolute atomic E-state index is 0.0777. The molecule has 9 nitrogen and oxygen atoms in total. The third-order valence-corrected chi connectivity index (χ3v) is 4.37. The number of pyridine rings is 1. The number of hydrogen-bond acceptors (Lipinski definition) is 6. The molecule has 3 aromatic rings. The number of aromatic nitrogens is 1. The molecule has 9 heteroatoms. The molecule has 0 aliphatic rings. The quantitative estimate of drug-likeness (QED) is 0.457. The number of nitrogens with one attached hydrogen (secondary N) is 2. The second kappa shape index (κ2) is 10.5. The first kappa shape index (κ1) is 24.2. The SMILES string of the molecule is CC(C)(C)OC(=O)NCc1cccnc1Oc1ccc(C(=O)Nc2cccc(C(=O)O)c2)cc1. The Morgan fingerprint density at radius 3 is 2.38 bits per heavy atom. The van der Waals surface area contributed by atoms with E-state index in [-0.39, 0.29) is 12.1 Å². The summed E-state index contributed by atoms with van der Waals surface area (Å²) in [5.74, 6) is -0.718. The van der Waals surface area contributed by atoms with Crippen LogP contribution >= 0.6 is 0 Å². The van der Waals surface area contributed by atoms with E-state index >= 15 is 0 Å². The Bertz CT molecular complexity index is 1190. The van der Waals surface area contributed by atoms with Crippen LogP contribution in [0.25, 0.3) is 0 Å². The van der Waals surface area contributed by atoms with Crippen LogP contribution in [0.3, 0.4) is 0 Å². The van der Waals surface area contributed by atoms with Gasteiger partial charge in [0.2, 0.25) is 5.88 Å². The van der Waals surface area contributed by atoms with Crippen molar-refractivity contribution in [3.8, 4) is 11.6 Å². The van der Waals surface area contributed by atoms with E-state index in [0.717, 1.165) is 0 Å². The Hall–Kier alpha value is -4.40. The number of aromatic carboxylic acids is 1. The smallest absolute Gasteiger partial charge is 0.407 e. The Morgan fingerprint density at radius 2 is 1.71 bits per heavy atom. The van der Waals surface area contributed by atoms with Gasteiger partial charge in [0.05, 0.1) is 12.1 Å². The molecule has 0 saturated carbocycles. The van der Waals surface area contributed by atoms with Crippen LogP contribution in [-0.4, -0.2) is 33.7 Å². The summed E-state index contributed by atoms with van der Waals surface area (Å²) in [6, 6.07) is 15.9. The Morgan fingerprint density at radius 1 is 0.971 bits per heavy atom. The zero-order valence-electron chi connectivity index (χ0n) is 19.0. The highest BCUT2D eigenvalue weighted by atomic mass is 16.6. The van der Waals surface area contributed by atoms with Gasteiger partial charge in [0.1, 0.15) is 11.4 Å². The second-order valence-electron chi connectivity index (χ2n) is 8.29. The van der Waals surface area contributed by atoms with Gasteiger partial charge >= 0.3 is 12.1 Å². The lowest BCUT2D eigenvalue weighted by Crippen LogP contribution is -2.32. The van der Waals surface area contributed by atoms with Gasteiger partial charge in [-0.15, -0.1) is 0 Å². The van der Waals surface area contributed by atoms with Crippen molar-refractivity contribution in [2.24, 2.45) is 0 Å². The predicted octanol–water partition coefficient (Wildman–Crippen LogP) is 4.85. The molecule has 0 unspecified atom stereocenters. The van der Waals surface area contributed by atoms with E-state index in [0.29, 0.717) is 28.4 Å². The zero-order chi connectivity index (χ0) is 24.7. The summed E-state index contributed by atoms with van der Waals surface area (Å²) in [7, 11) is 0. The molecule has 176 valence electrons. The molecule has 34 heavy (non-hydrogen) atoms. The fraction of sp³-hybridized carbons (Fsp3) is 0.200. The molecular weight excluding hydrogens is 438 g/mol. The monoisotopic (exact) mass is 463 g/mol. The van der Waals surface area contributed by atoms with Crippen LogP contribution in [0.4, 0.5) is 10.5 Å². The number of rotatable bonds is 7. The average molecular weight is 463 g/mol. The lowest BCUT2D eigenvalue weighted by atomic mass is 10.1. The van der Waals surface area contributed by atoms with E-state index in [4.69, 9.17) is 14.6 Å². The van der Waals surface area contributed by atoms with Crippen molar-refractivity contribution in [2.75, 3.05) is 5.32 Å². The maximum Gasteiger partial charge on any atom is 0.407 e. The maximum atomic E-state index is 12.5. The van der Waals surface area contributed by atoms with Gasteiger partial charge in [-0.25, -0.2) is 14.6 Å². The molecule has 2 aromatic carbocycles. The Kier molecular flexibility index (Phi) is 7.47. The van der Waals surface area contributed by atoms with Crippen LogP contribution in [-0.2, 0) is 11.3 Å². The molecular formula is C25H25N3O6. The molecule has 0 bridgehead atoms. The fourth-order valence-corrected chi connectivity index (χ4v) is 2.85. The number of ether oxygens (including phenoxy) is 2. The van der Waals surface area contributed by atoms with Gasteiger partial charge in [-0.3, -0.25) is 4.79 Å². The van der Waals surface area contributed by atoms with Crippen molar-refractivity contribution in [3.63, 3.8) is 0 Å². The summed E-state index contributed by atoms with van der Waals surface area (Å²) in [6.07, 6.45) is 1.02. The van der Waals surface area contributed by atoms with Crippen LogP contribution in [0.15, 0.2) is 66.9 Å². The summed E-state index contributed by atoms with van der Waals surface area (Å²) >= 11 is 0. The first-order valence-corrected chi connectivity index (χ1v) is 10.4. The van der Waals surface area contributed by atoms with Gasteiger partial charge in [-0.2, -0.15) is 0 Å². The minimum Gasteiger partial charge on any atom is -0.478 e. The van der Waals surface area contributed by atoms with Crippen molar-refractivity contribution < 1.29 is 29.0 Å². The first-order valence-electron chi connectivity index (χ1n) is 10.4. The lowest BCUT2D eigenvalue weighted by Gasteiger charge is -2.20. The lowest BCUT2D eigenvalue weighted by molar-refractivity contribution is 0.0522. The topological polar surface area (TPSA) is 127 Å². The summed E-state index contributed by atoms with van der Waals surface area (Å²) in [5, 5.41) is 14.4. The second-order valence-corrected chi connectivity index (χ2v) is 8.29. The first-order chi connectivity index (χ1) is 16.1. The van der Waals surface area contributed by atoms with Gasteiger partial charge in [-0.05, 0) is 69.3 Å². The standard InChI is InChI=1S/C25H25N3O6/c1-25(2,3)34-24(32)27-15-18-7-5-13-26-22(18)33-20-11-9-16(10-12-20)21(29)28-19-8-4-6-17(14-19)23(30)31/h4-14H,15H2,1-3H3,(H,27,32)(H,28,29)(H,30,31). The highest BCUT2D eigenvalue weighted by Gasteiger charge is 2.17. The number of benzene rings is 2. The molecule has 0 radical (unpaired) electrons. The van der Waals surface area contributed by atoms with Crippen LogP contribution in [0, 0.1) is 0 Å². The van der Waals surface area contributed by atoms with E-state index in [9.17, 15) is 14.4 Å². The van der Waals surface area contributed by atoms with Crippen molar-refractivity contribution >= 4 is 23.7 Å². The highest BCUT2D eigenvalue weighted by molar-refractivity contribution is 6.04. The van der Waals surface area contributed by atoms with E-state index < -0.39 is 23.6 Å². The number of amides is 2. The zero-order valence-corrected chi connectivity index (χ0v) is 19.0. The largest absolute Gasteiger partial charge is 0.478 e. The highest BCUT2D eigenvalue weighted by Crippen LogP contribution is 2.24. The summed E-state index contributed by atoms with van der Waals surface area (Å²) < 4.78 is 11.1. The van der Waals surface area contributed by atoms with Gasteiger partial charge in [-0.1, -0.05) is 12.1 Å². The molecule has 0 spiro atoms. The number of alkyl carbamates (subject to hydrolysis) is 1. The normalized spacial score (nSPS) is 10.8. The maximum absolute atomic E-state index is 12.5. The molecule has 1 aromatic heterocycles. The van der Waals surface area contributed by atoms with Crippen LogP contribution in [0.2, 0.25) is 0 Å². The number of carbonyl (C=O) groups is 3. The molecule has 1 heterocycles. The van der Waals surface area contributed by atoms with Crippen LogP contribution < -0.4 is 15.4 Å². The Labute approximate surface area is 196 Å². The third-order valence-electron chi connectivity index (χ3n) is 4.37. The number of carboxylic acids is 1. The molecule has 0 fully saturated rings. The van der Waals surface area contributed by atoms with Crippen molar-refractivity contribution in [1.29, 1.82) is 0 Å². The Balaban J connectivity index is 1.64. The molecule has 0 aliphatic carbocycles. The van der Waals surface area contributed by atoms with E-state index in [1.807, 2.05) is 0 Å². The minimum atomic E-state index is -1.08. The van der Waals surface area contributed by atoms with Crippen molar-refractivity contribution in [3.05, 3.63) is 83.6 Å². The molecule has 0 saturated heterocycles. The average Bonchev–Trinajstić information content (AvgIpc) is 2.78. The van der Waals surface area contributed by atoms with Crippen molar-refractivity contribution in [1.82, 2.24) is 10.3 Å². The molecule has 0 atom stereocenters. The summed E-state index contributed by atoms with van der Waals surface area (Å²) in [4.78, 5) is 39.7. The number of nitrogens with zero attached hydrogens (tertiary/aromatic N) is 1.